The van der Waals surface area contributed by atoms with Gasteiger partial charge in [0.15, 0.2) is 6.23 Å². The molecule has 1 aromatic heterocycles. The lowest BCUT2D eigenvalue weighted by molar-refractivity contribution is -0.126. The molecule has 1 fully saturated rings. The van der Waals surface area contributed by atoms with Crippen LogP contribution in [0, 0.1) is 17.8 Å². The van der Waals surface area contributed by atoms with Gasteiger partial charge < -0.3 is 34.3 Å². The van der Waals surface area contributed by atoms with E-state index in [2.05, 4.69) is 21.5 Å². The second kappa shape index (κ2) is 17.5. The number of nitrogens with one attached hydrogen (secondary N) is 2. The minimum Gasteiger partial charge on any atom is -0.418 e. The number of aliphatic hydroxyl groups is 2. The molecule has 5 atom stereocenters. The lowest BCUT2D eigenvalue weighted by Gasteiger charge is -2.37. The van der Waals surface area contributed by atoms with E-state index in [4.69, 9.17) is 20.6 Å². The van der Waals surface area contributed by atoms with Crippen LogP contribution < -0.4 is 15.5 Å². The number of terminal acetylenes is 1. The number of anilines is 3. The monoisotopic (exact) mass is 829 g/mol. The van der Waals surface area contributed by atoms with E-state index >= 15 is 0 Å². The summed E-state index contributed by atoms with van der Waals surface area (Å²) in [5.41, 5.74) is 2.24. The number of benzene rings is 5. The number of hydrogen-bond donors (Lipinski definition) is 4. The lowest BCUT2D eigenvalue weighted by Crippen LogP contribution is -2.44. The third-order valence-corrected chi connectivity index (χ3v) is 10.9. The van der Waals surface area contributed by atoms with E-state index in [-0.39, 0.29) is 35.4 Å². The molecule has 2 amide bonds. The number of para-hydroxylation sites is 2. The Morgan fingerprint density at radius 2 is 1.27 bits per heavy atom. The molecule has 0 aliphatic carbocycles. The summed E-state index contributed by atoms with van der Waals surface area (Å²) in [4.78, 5) is 33.7. The Hall–Kier alpha value is -7.01. The Morgan fingerprint density at radius 1 is 0.790 bits per heavy atom. The van der Waals surface area contributed by atoms with Crippen LogP contribution in [-0.4, -0.2) is 57.7 Å². The van der Waals surface area contributed by atoms with Gasteiger partial charge >= 0.3 is 6.09 Å². The normalized spacial score (nSPS) is 19.6. The zero-order valence-corrected chi connectivity index (χ0v) is 34.5. The van der Waals surface area contributed by atoms with Crippen molar-refractivity contribution in [3.8, 4) is 12.3 Å². The number of carbonyl (C=O) groups excluding carboxylic acids is 2. The van der Waals surface area contributed by atoms with E-state index in [0.29, 0.717) is 11.4 Å². The largest absolute Gasteiger partial charge is 0.421 e. The molecule has 8 rings (SSSR count). The second-order valence-electron chi connectivity index (χ2n) is 16.0. The van der Waals surface area contributed by atoms with Crippen molar-refractivity contribution < 1.29 is 34.0 Å². The van der Waals surface area contributed by atoms with Crippen molar-refractivity contribution in [2.45, 2.75) is 57.1 Å². The highest BCUT2D eigenvalue weighted by Crippen LogP contribution is 2.44. The van der Waals surface area contributed by atoms with Gasteiger partial charge in [-0.1, -0.05) is 154 Å². The minimum absolute atomic E-state index is 0.0320. The molecule has 1 saturated heterocycles. The van der Waals surface area contributed by atoms with Crippen molar-refractivity contribution >= 4 is 35.2 Å². The first-order valence-electron chi connectivity index (χ1n) is 20.3. The highest BCUT2D eigenvalue weighted by molar-refractivity contribution is 6.07. The zero-order chi connectivity index (χ0) is 43.4. The highest BCUT2D eigenvalue weighted by Gasteiger charge is 2.48. The number of nitrogens with zero attached hydrogens (tertiary/aromatic N) is 3. The Bertz CT molecular complexity index is 2440. The van der Waals surface area contributed by atoms with Crippen LogP contribution in [0.15, 0.2) is 163 Å². The molecule has 3 heterocycles. The molecule has 4 N–H and O–H groups in total. The maximum atomic E-state index is 14.3. The molecule has 3 unspecified atom stereocenters. The first-order chi connectivity index (χ1) is 30.0. The number of rotatable bonds is 10. The van der Waals surface area contributed by atoms with E-state index in [0.717, 1.165) is 16.7 Å². The number of hydrogen-bond acceptors (Lipinski definition) is 9. The Morgan fingerprint density at radius 3 is 1.74 bits per heavy atom. The van der Waals surface area contributed by atoms with Crippen molar-refractivity contribution in [2.75, 3.05) is 16.8 Å². The molecule has 6 aromatic rings. The number of carbonyl (C=O) groups is 2. The van der Waals surface area contributed by atoms with Gasteiger partial charge in [0.25, 0.3) is 0 Å². The molecule has 12 nitrogen and oxygen atoms in total. The van der Waals surface area contributed by atoms with Gasteiger partial charge in [0.1, 0.15) is 29.7 Å². The fraction of sp³-hybridized carbons (Fsp3) is 0.220. The molecule has 5 aromatic carbocycles. The van der Waals surface area contributed by atoms with E-state index in [1.54, 1.807) is 75.5 Å². The third-order valence-electron chi connectivity index (χ3n) is 10.9. The van der Waals surface area contributed by atoms with Crippen LogP contribution in [0.4, 0.5) is 22.0 Å². The van der Waals surface area contributed by atoms with E-state index < -0.39 is 47.9 Å². The number of amides is 2. The van der Waals surface area contributed by atoms with Crippen LogP contribution in [0.1, 0.15) is 61.0 Å². The Kier molecular flexibility index (Phi) is 11.8. The molecule has 2 aliphatic heterocycles. The van der Waals surface area contributed by atoms with Crippen molar-refractivity contribution in [3.05, 3.63) is 186 Å². The van der Waals surface area contributed by atoms with E-state index in [9.17, 15) is 19.8 Å². The summed E-state index contributed by atoms with van der Waals surface area (Å²) in [6.07, 6.45) is 0.372. The summed E-state index contributed by atoms with van der Waals surface area (Å²) < 4.78 is 21.2. The smallest absolute Gasteiger partial charge is 0.418 e. The molecule has 12 heteroatoms. The van der Waals surface area contributed by atoms with Gasteiger partial charge in [-0.2, -0.15) is 0 Å². The number of aliphatic imine (C=N–C) groups is 1. The molecule has 0 spiro atoms. The maximum Gasteiger partial charge on any atom is 0.421 e. The number of aliphatic hydroxyl groups excluding tert-OH is 2. The average molecular weight is 830 g/mol. The standard InChI is InChI=1S/C50H47N5O7/c1-5-33-31-54(45-42(57)41(56)39(61-45)32-60-50(34-21-11-6-12-22-34,35-23-13-7-14-24-35)36-25-15-8-16-26-36)43-40(33)44(52-47(51-43)53-46(58)49(2,3)4)62-48(59)55(37-27-17-9-18-28-37)38-29-19-10-20-30-38/h1,6-31,39,41-42,44-45,56-57H,32H2,2-4H3,(H2,51,52,53,58)/t39?,41-,42-,44?,45?/m1/s1. The number of ether oxygens (including phenoxy) is 3. The first-order valence-corrected chi connectivity index (χ1v) is 20.3. The van der Waals surface area contributed by atoms with Crippen LogP contribution >= 0.6 is 0 Å². The second-order valence-corrected chi connectivity index (χ2v) is 16.0. The number of guanidine groups is 1. The average Bonchev–Trinajstić information content (AvgIpc) is 3.80. The molecule has 2 aliphatic rings. The van der Waals surface area contributed by atoms with Crippen molar-refractivity contribution in [1.29, 1.82) is 0 Å². The summed E-state index contributed by atoms with van der Waals surface area (Å²) in [6, 6.07) is 47.4. The van der Waals surface area contributed by atoms with Crippen LogP contribution in [0.25, 0.3) is 0 Å². The lowest BCUT2D eigenvalue weighted by atomic mass is 9.80. The molecule has 62 heavy (non-hydrogen) atoms. The first kappa shape index (κ1) is 41.7. The van der Waals surface area contributed by atoms with Crippen LogP contribution in [0.5, 0.6) is 0 Å². The SMILES string of the molecule is C#Cc1cn(C2OC(COC(c3ccccc3)(c3ccccc3)c3ccccc3)[C@@H](O)[C@H]2O)c2c1C(OC(=O)N(c1ccccc1)c1ccccc1)N=C(NC(=O)C(C)(C)C)N2. The molecular formula is C50H47N5O7. The van der Waals surface area contributed by atoms with Crippen molar-refractivity contribution in [2.24, 2.45) is 10.4 Å². The van der Waals surface area contributed by atoms with Crippen LogP contribution in [0.3, 0.4) is 0 Å². The summed E-state index contributed by atoms with van der Waals surface area (Å²) in [5, 5.41) is 29.4. The predicted molar refractivity (Wildman–Crippen MR) is 236 cm³/mol. The topological polar surface area (TPSA) is 147 Å². The maximum absolute atomic E-state index is 14.3. The van der Waals surface area contributed by atoms with Gasteiger partial charge in [0, 0.05) is 11.6 Å². The molecular weight excluding hydrogens is 783 g/mol. The highest BCUT2D eigenvalue weighted by atomic mass is 16.6. The van der Waals surface area contributed by atoms with E-state index in [1.807, 2.05) is 103 Å². The molecule has 314 valence electrons. The minimum atomic E-state index is -1.48. The van der Waals surface area contributed by atoms with Crippen molar-refractivity contribution in [3.63, 3.8) is 0 Å². The Balaban J connectivity index is 1.15. The fourth-order valence-electron chi connectivity index (χ4n) is 7.74. The summed E-state index contributed by atoms with van der Waals surface area (Å²) in [7, 11) is 0. The third kappa shape index (κ3) is 8.10. The molecule has 0 radical (unpaired) electrons. The van der Waals surface area contributed by atoms with Crippen molar-refractivity contribution in [1.82, 2.24) is 9.88 Å². The van der Waals surface area contributed by atoms with Gasteiger partial charge in [0.2, 0.25) is 18.1 Å². The van der Waals surface area contributed by atoms with Gasteiger partial charge in [-0.05, 0) is 41.0 Å². The Labute approximate surface area is 360 Å². The molecule has 0 saturated carbocycles. The van der Waals surface area contributed by atoms with Crippen LogP contribution in [-0.2, 0) is 24.6 Å². The molecule has 0 bridgehead atoms. The van der Waals surface area contributed by atoms with Gasteiger partial charge in [-0.15, -0.1) is 6.42 Å². The zero-order valence-electron chi connectivity index (χ0n) is 34.5. The fourth-order valence-corrected chi connectivity index (χ4v) is 7.74. The van der Waals surface area contributed by atoms with E-state index in [1.165, 1.54) is 9.47 Å². The van der Waals surface area contributed by atoms with Gasteiger partial charge in [-0.3, -0.25) is 10.1 Å². The summed E-state index contributed by atoms with van der Waals surface area (Å²) in [5.74, 6) is 2.49. The summed E-state index contributed by atoms with van der Waals surface area (Å²) in [6.45, 7) is 5.11. The number of aromatic nitrogens is 1. The van der Waals surface area contributed by atoms with Crippen LogP contribution in [0.2, 0.25) is 0 Å². The summed E-state index contributed by atoms with van der Waals surface area (Å²) >= 11 is 0. The quantitative estimate of drug-likeness (QED) is 0.0803. The number of fused-ring (bicyclic) bond motifs is 1. The predicted octanol–water partition coefficient (Wildman–Crippen LogP) is 8.01. The van der Waals surface area contributed by atoms with Gasteiger partial charge in [-0.25, -0.2) is 14.7 Å². The van der Waals surface area contributed by atoms with Gasteiger partial charge in [0.05, 0.1) is 29.1 Å².